The van der Waals surface area contributed by atoms with Crippen LogP contribution in [0.2, 0.25) is 0 Å². The van der Waals surface area contributed by atoms with Crippen LogP contribution in [-0.4, -0.2) is 25.2 Å². The van der Waals surface area contributed by atoms with Crippen LogP contribution < -0.4 is 10.6 Å². The van der Waals surface area contributed by atoms with Gasteiger partial charge < -0.3 is 15.4 Å². The summed E-state index contributed by atoms with van der Waals surface area (Å²) in [6.45, 7) is 4.48. The van der Waals surface area contributed by atoms with Gasteiger partial charge in [0, 0.05) is 6.04 Å². The van der Waals surface area contributed by atoms with Crippen LogP contribution in [0, 0.1) is 5.92 Å². The van der Waals surface area contributed by atoms with Crippen molar-refractivity contribution in [3.05, 3.63) is 35.9 Å². The predicted octanol–water partition coefficient (Wildman–Crippen LogP) is 2.30. The first kappa shape index (κ1) is 13.9. The van der Waals surface area contributed by atoms with Crippen molar-refractivity contribution < 1.29 is 9.53 Å². The number of nitrogens with one attached hydrogen (secondary N) is 2. The summed E-state index contributed by atoms with van der Waals surface area (Å²) in [5.74, 6) is 0.485. The Kier molecular flexibility index (Phi) is 5.21. The summed E-state index contributed by atoms with van der Waals surface area (Å²) in [5, 5.41) is 6.32. The van der Waals surface area contributed by atoms with Crippen LogP contribution in [0.3, 0.4) is 0 Å². The summed E-state index contributed by atoms with van der Waals surface area (Å²) in [6, 6.07) is 9.93. The number of carbonyl (C=O) groups excluding carboxylic acids is 1. The number of rotatable bonds is 3. The zero-order valence-electron chi connectivity index (χ0n) is 11.4. The van der Waals surface area contributed by atoms with Crippen molar-refractivity contribution in [1.82, 2.24) is 10.6 Å². The molecular formula is C15H22N2O2. The largest absolute Gasteiger partial charge is 0.445 e. The lowest BCUT2D eigenvalue weighted by Crippen LogP contribution is -2.39. The summed E-state index contributed by atoms with van der Waals surface area (Å²) in [5.41, 5.74) is 1.01. The molecule has 19 heavy (non-hydrogen) atoms. The molecule has 0 aliphatic carbocycles. The Hall–Kier alpha value is -1.55. The van der Waals surface area contributed by atoms with E-state index >= 15 is 0 Å². The van der Waals surface area contributed by atoms with E-state index in [0.717, 1.165) is 31.5 Å². The number of alkyl carbamates (subject to hydrolysis) is 1. The zero-order chi connectivity index (χ0) is 13.5. The third-order valence-electron chi connectivity index (χ3n) is 3.61. The molecule has 0 saturated carbocycles. The van der Waals surface area contributed by atoms with Gasteiger partial charge >= 0.3 is 6.09 Å². The Balaban J connectivity index is 1.77. The van der Waals surface area contributed by atoms with Crippen molar-refractivity contribution in [2.75, 3.05) is 13.1 Å². The van der Waals surface area contributed by atoms with E-state index in [2.05, 4.69) is 17.6 Å². The van der Waals surface area contributed by atoms with Crippen molar-refractivity contribution >= 4 is 6.09 Å². The van der Waals surface area contributed by atoms with Gasteiger partial charge in [-0.2, -0.15) is 0 Å². The standard InChI is InChI=1S/C15H22N2O2/c1-12-7-9-16-10-8-14(12)17-15(18)19-11-13-5-3-2-4-6-13/h2-6,12,14,16H,7-11H2,1H3,(H,17,18)/t12-,14-/m1/s1. The number of hydrogen-bond donors (Lipinski definition) is 2. The fourth-order valence-electron chi connectivity index (χ4n) is 2.33. The number of amides is 1. The Morgan fingerprint density at radius 3 is 2.84 bits per heavy atom. The number of hydrogen-bond acceptors (Lipinski definition) is 3. The first-order chi connectivity index (χ1) is 9.25. The summed E-state index contributed by atoms with van der Waals surface area (Å²) in [4.78, 5) is 11.8. The van der Waals surface area contributed by atoms with Gasteiger partial charge in [-0.15, -0.1) is 0 Å². The van der Waals surface area contributed by atoms with Crippen molar-refractivity contribution in [3.8, 4) is 0 Å². The maximum Gasteiger partial charge on any atom is 0.407 e. The first-order valence-electron chi connectivity index (χ1n) is 6.93. The summed E-state index contributed by atoms with van der Waals surface area (Å²) < 4.78 is 5.25. The highest BCUT2D eigenvalue weighted by Gasteiger charge is 2.21. The SMILES string of the molecule is C[C@@H]1CCNCC[C@H]1NC(=O)OCc1ccccc1. The van der Waals surface area contributed by atoms with E-state index in [1.54, 1.807) is 0 Å². The number of carbonyl (C=O) groups is 1. The molecule has 0 bridgehead atoms. The van der Waals surface area contributed by atoms with Gasteiger partial charge in [0.1, 0.15) is 6.61 Å². The molecule has 2 rings (SSSR count). The molecule has 104 valence electrons. The Labute approximate surface area is 114 Å². The molecule has 0 radical (unpaired) electrons. The minimum Gasteiger partial charge on any atom is -0.445 e. The molecule has 1 heterocycles. The van der Waals surface area contributed by atoms with Crippen LogP contribution in [0.5, 0.6) is 0 Å². The highest BCUT2D eigenvalue weighted by atomic mass is 16.5. The summed E-state index contributed by atoms with van der Waals surface area (Å²) >= 11 is 0. The fourth-order valence-corrected chi connectivity index (χ4v) is 2.33. The van der Waals surface area contributed by atoms with Crippen molar-refractivity contribution in [3.63, 3.8) is 0 Å². The third kappa shape index (κ3) is 4.56. The van der Waals surface area contributed by atoms with Crippen LogP contribution >= 0.6 is 0 Å². The lowest BCUT2D eigenvalue weighted by molar-refractivity contribution is 0.131. The van der Waals surface area contributed by atoms with Gasteiger partial charge in [-0.1, -0.05) is 37.3 Å². The van der Waals surface area contributed by atoms with Crippen LogP contribution in [0.15, 0.2) is 30.3 Å². The first-order valence-corrected chi connectivity index (χ1v) is 6.93. The summed E-state index contributed by atoms with van der Waals surface area (Å²) in [7, 11) is 0. The fraction of sp³-hybridized carbons (Fsp3) is 0.533. The van der Waals surface area contributed by atoms with E-state index in [4.69, 9.17) is 4.74 Å². The quantitative estimate of drug-likeness (QED) is 0.879. The summed E-state index contributed by atoms with van der Waals surface area (Å²) in [6.07, 6.45) is 1.73. The normalized spacial score (nSPS) is 23.4. The van der Waals surface area contributed by atoms with Crippen LogP contribution in [0.4, 0.5) is 4.79 Å². The molecule has 0 unspecified atom stereocenters. The molecule has 1 aromatic carbocycles. The minimum absolute atomic E-state index is 0.207. The lowest BCUT2D eigenvalue weighted by Gasteiger charge is -2.22. The van der Waals surface area contributed by atoms with E-state index in [0.29, 0.717) is 12.5 Å². The lowest BCUT2D eigenvalue weighted by atomic mass is 9.97. The second kappa shape index (κ2) is 7.14. The van der Waals surface area contributed by atoms with Gasteiger partial charge in [-0.25, -0.2) is 4.79 Å². The monoisotopic (exact) mass is 262 g/mol. The van der Waals surface area contributed by atoms with Gasteiger partial charge in [0.25, 0.3) is 0 Å². The maximum atomic E-state index is 11.8. The molecule has 1 aliphatic heterocycles. The van der Waals surface area contributed by atoms with Crippen molar-refractivity contribution in [1.29, 1.82) is 0 Å². The second-order valence-electron chi connectivity index (χ2n) is 5.12. The van der Waals surface area contributed by atoms with Crippen LogP contribution in [0.25, 0.3) is 0 Å². The molecule has 2 atom stereocenters. The van der Waals surface area contributed by atoms with E-state index in [1.165, 1.54) is 0 Å². The van der Waals surface area contributed by atoms with Gasteiger partial charge in [0.2, 0.25) is 0 Å². The highest BCUT2D eigenvalue weighted by Crippen LogP contribution is 2.13. The molecule has 2 N–H and O–H groups in total. The third-order valence-corrected chi connectivity index (χ3v) is 3.61. The van der Waals surface area contributed by atoms with Crippen molar-refractivity contribution in [2.24, 2.45) is 5.92 Å². The highest BCUT2D eigenvalue weighted by molar-refractivity contribution is 5.67. The second-order valence-corrected chi connectivity index (χ2v) is 5.12. The molecule has 0 aromatic heterocycles. The molecule has 0 spiro atoms. The van der Waals surface area contributed by atoms with Gasteiger partial charge in [0.05, 0.1) is 0 Å². The van der Waals surface area contributed by atoms with Crippen molar-refractivity contribution in [2.45, 2.75) is 32.4 Å². The zero-order valence-corrected chi connectivity index (χ0v) is 11.4. The average Bonchev–Trinajstić information content (AvgIpc) is 2.63. The molecule has 1 aromatic rings. The molecule has 4 heteroatoms. The van der Waals surface area contributed by atoms with E-state index < -0.39 is 0 Å². The number of benzene rings is 1. The molecule has 1 fully saturated rings. The number of ether oxygens (including phenoxy) is 1. The molecular weight excluding hydrogens is 240 g/mol. The minimum atomic E-state index is -0.317. The van der Waals surface area contributed by atoms with E-state index in [9.17, 15) is 4.79 Å². The Bertz CT molecular complexity index is 394. The molecule has 1 aliphatic rings. The van der Waals surface area contributed by atoms with Crippen LogP contribution in [-0.2, 0) is 11.3 Å². The topological polar surface area (TPSA) is 50.4 Å². The smallest absolute Gasteiger partial charge is 0.407 e. The average molecular weight is 262 g/mol. The van der Waals surface area contributed by atoms with Gasteiger partial charge in [-0.3, -0.25) is 0 Å². The predicted molar refractivity (Wildman–Crippen MR) is 74.8 cm³/mol. The maximum absolute atomic E-state index is 11.8. The molecule has 4 nitrogen and oxygen atoms in total. The van der Waals surface area contributed by atoms with Crippen LogP contribution in [0.1, 0.15) is 25.3 Å². The van der Waals surface area contributed by atoms with Gasteiger partial charge in [-0.05, 0) is 37.4 Å². The molecule has 1 amide bonds. The Morgan fingerprint density at radius 2 is 2.05 bits per heavy atom. The van der Waals surface area contributed by atoms with Gasteiger partial charge in [0.15, 0.2) is 0 Å². The molecule has 1 saturated heterocycles. The Morgan fingerprint density at radius 1 is 1.32 bits per heavy atom. The van der Waals surface area contributed by atoms with E-state index in [1.807, 2.05) is 30.3 Å². The van der Waals surface area contributed by atoms with E-state index in [-0.39, 0.29) is 12.1 Å².